The highest BCUT2D eigenvalue weighted by Gasteiger charge is 2.23. The minimum atomic E-state index is 0.0986. The van der Waals surface area contributed by atoms with Gasteiger partial charge in [0.1, 0.15) is 0 Å². The van der Waals surface area contributed by atoms with E-state index in [9.17, 15) is 4.79 Å². The van der Waals surface area contributed by atoms with E-state index in [4.69, 9.17) is 0 Å². The number of nitrogens with one attached hydrogen (secondary N) is 2. The van der Waals surface area contributed by atoms with Crippen molar-refractivity contribution in [2.24, 2.45) is 10.9 Å². The van der Waals surface area contributed by atoms with Gasteiger partial charge in [-0.15, -0.1) is 0 Å². The molecule has 22 heavy (non-hydrogen) atoms. The number of carbonyl (C=O) groups is 1. The Bertz CT molecular complexity index is 566. The second kappa shape index (κ2) is 6.81. The molecule has 5 nitrogen and oxygen atoms in total. The zero-order valence-corrected chi connectivity index (χ0v) is 13.1. The Morgan fingerprint density at radius 1 is 1.32 bits per heavy atom. The van der Waals surface area contributed by atoms with Crippen molar-refractivity contribution in [1.82, 2.24) is 10.6 Å². The van der Waals surface area contributed by atoms with E-state index in [1.165, 1.54) is 18.4 Å². The molecule has 0 bridgehead atoms. The minimum absolute atomic E-state index is 0.0986. The third-order valence-electron chi connectivity index (χ3n) is 4.30. The predicted molar refractivity (Wildman–Crippen MR) is 89.2 cm³/mol. The number of hydrogen-bond acceptors (Lipinski definition) is 2. The highest BCUT2D eigenvalue weighted by molar-refractivity contribution is 5.98. The molecule has 0 spiro atoms. The molecule has 0 aromatic heterocycles. The van der Waals surface area contributed by atoms with E-state index >= 15 is 0 Å². The van der Waals surface area contributed by atoms with Crippen LogP contribution in [-0.2, 0) is 11.2 Å². The zero-order chi connectivity index (χ0) is 15.4. The lowest BCUT2D eigenvalue weighted by atomic mass is 10.0. The molecule has 1 aliphatic heterocycles. The predicted octanol–water partition coefficient (Wildman–Crippen LogP) is 1.54. The van der Waals surface area contributed by atoms with Crippen LogP contribution in [0, 0.1) is 5.92 Å². The third kappa shape index (κ3) is 3.59. The third-order valence-corrected chi connectivity index (χ3v) is 4.30. The largest absolute Gasteiger partial charge is 0.356 e. The number of benzene rings is 1. The van der Waals surface area contributed by atoms with E-state index < -0.39 is 0 Å². The fraction of sp³-hybridized carbons (Fsp3) is 0.529. The Kier molecular flexibility index (Phi) is 4.61. The molecule has 0 radical (unpaired) electrons. The van der Waals surface area contributed by atoms with Crippen LogP contribution in [-0.4, -0.2) is 38.5 Å². The van der Waals surface area contributed by atoms with Gasteiger partial charge in [0, 0.05) is 25.8 Å². The molecule has 0 saturated heterocycles. The van der Waals surface area contributed by atoms with Crippen molar-refractivity contribution >= 4 is 17.6 Å². The highest BCUT2D eigenvalue weighted by atomic mass is 16.2. The van der Waals surface area contributed by atoms with Gasteiger partial charge in [-0.25, -0.2) is 0 Å². The molecule has 0 atom stereocenters. The molecule has 1 saturated carbocycles. The second-order valence-electron chi connectivity index (χ2n) is 6.03. The van der Waals surface area contributed by atoms with Crippen LogP contribution in [0.1, 0.15) is 24.8 Å². The Hall–Kier alpha value is -2.04. The van der Waals surface area contributed by atoms with Gasteiger partial charge in [0.15, 0.2) is 5.96 Å². The van der Waals surface area contributed by atoms with E-state index in [0.29, 0.717) is 5.96 Å². The summed E-state index contributed by atoms with van der Waals surface area (Å²) in [7, 11) is 1.74. The first-order valence-corrected chi connectivity index (χ1v) is 8.10. The molecule has 1 aromatic rings. The van der Waals surface area contributed by atoms with E-state index in [1.54, 1.807) is 7.05 Å². The summed E-state index contributed by atoms with van der Waals surface area (Å²) >= 11 is 0. The maximum atomic E-state index is 12.5. The number of anilines is 1. The number of rotatable bonds is 4. The monoisotopic (exact) mass is 300 g/mol. The van der Waals surface area contributed by atoms with Crippen molar-refractivity contribution in [2.45, 2.75) is 25.7 Å². The van der Waals surface area contributed by atoms with Crippen LogP contribution in [0.5, 0.6) is 0 Å². The van der Waals surface area contributed by atoms with Crippen molar-refractivity contribution in [2.75, 3.05) is 31.6 Å². The first-order valence-electron chi connectivity index (χ1n) is 8.10. The molecule has 3 rings (SSSR count). The second-order valence-corrected chi connectivity index (χ2v) is 6.03. The molecule has 1 heterocycles. The lowest BCUT2D eigenvalue weighted by Crippen LogP contribution is -2.46. The van der Waals surface area contributed by atoms with Crippen LogP contribution in [0.15, 0.2) is 29.3 Å². The summed E-state index contributed by atoms with van der Waals surface area (Å²) in [5.74, 6) is 1.59. The fourth-order valence-corrected chi connectivity index (χ4v) is 2.83. The SMILES string of the molecule is CN=C(NCC(=O)N1CCCc2ccccc21)NCC1CC1. The number of hydrogen-bond donors (Lipinski definition) is 2. The number of fused-ring (bicyclic) bond motifs is 1. The first-order chi connectivity index (χ1) is 10.8. The first kappa shape index (κ1) is 14.9. The van der Waals surface area contributed by atoms with Crippen LogP contribution in [0.4, 0.5) is 5.69 Å². The average Bonchev–Trinajstić information content (AvgIpc) is 3.38. The van der Waals surface area contributed by atoms with Gasteiger partial charge in [0.05, 0.1) is 6.54 Å². The molecule has 1 fully saturated rings. The maximum Gasteiger partial charge on any atom is 0.246 e. The van der Waals surface area contributed by atoms with E-state index in [0.717, 1.165) is 37.5 Å². The highest BCUT2D eigenvalue weighted by Crippen LogP contribution is 2.27. The Balaban J connectivity index is 1.55. The summed E-state index contributed by atoms with van der Waals surface area (Å²) in [4.78, 5) is 18.6. The zero-order valence-electron chi connectivity index (χ0n) is 13.1. The van der Waals surface area contributed by atoms with Crippen molar-refractivity contribution in [3.8, 4) is 0 Å². The normalized spacial score (nSPS) is 17.9. The minimum Gasteiger partial charge on any atom is -0.356 e. The summed E-state index contributed by atoms with van der Waals surface area (Å²) in [5, 5.41) is 6.41. The van der Waals surface area contributed by atoms with Gasteiger partial charge >= 0.3 is 0 Å². The van der Waals surface area contributed by atoms with Crippen molar-refractivity contribution in [3.05, 3.63) is 29.8 Å². The number of aryl methyl sites for hydroxylation is 1. The number of carbonyl (C=O) groups excluding carboxylic acids is 1. The Morgan fingerprint density at radius 2 is 2.14 bits per heavy atom. The lowest BCUT2D eigenvalue weighted by Gasteiger charge is -2.29. The molecule has 2 N–H and O–H groups in total. The van der Waals surface area contributed by atoms with Crippen molar-refractivity contribution < 1.29 is 4.79 Å². The van der Waals surface area contributed by atoms with Crippen LogP contribution in [0.3, 0.4) is 0 Å². The van der Waals surface area contributed by atoms with Crippen LogP contribution in [0.25, 0.3) is 0 Å². The summed E-state index contributed by atoms with van der Waals surface area (Å²) < 4.78 is 0. The van der Waals surface area contributed by atoms with Gasteiger partial charge in [-0.05, 0) is 43.2 Å². The van der Waals surface area contributed by atoms with Crippen molar-refractivity contribution in [3.63, 3.8) is 0 Å². The molecule has 0 unspecified atom stereocenters. The summed E-state index contributed by atoms with van der Waals surface area (Å²) in [6, 6.07) is 8.17. The number of amides is 1. The molecule has 2 aliphatic rings. The van der Waals surface area contributed by atoms with Gasteiger partial charge in [0.25, 0.3) is 0 Å². The smallest absolute Gasteiger partial charge is 0.246 e. The summed E-state index contributed by atoms with van der Waals surface area (Å²) in [6.07, 6.45) is 4.68. The number of aliphatic imine (C=N–C) groups is 1. The number of nitrogens with zero attached hydrogens (tertiary/aromatic N) is 2. The molecule has 1 aliphatic carbocycles. The fourth-order valence-electron chi connectivity index (χ4n) is 2.83. The molecule has 1 amide bonds. The van der Waals surface area contributed by atoms with Gasteiger partial charge < -0.3 is 15.5 Å². The van der Waals surface area contributed by atoms with Crippen LogP contribution in [0.2, 0.25) is 0 Å². The summed E-state index contributed by atoms with van der Waals surface area (Å²) in [5.41, 5.74) is 2.32. The molecule has 5 heteroatoms. The van der Waals surface area contributed by atoms with Gasteiger partial charge in [-0.3, -0.25) is 9.79 Å². The number of guanidine groups is 1. The quantitative estimate of drug-likeness (QED) is 0.655. The van der Waals surface area contributed by atoms with Crippen molar-refractivity contribution in [1.29, 1.82) is 0 Å². The number of para-hydroxylation sites is 1. The molecule has 118 valence electrons. The van der Waals surface area contributed by atoms with E-state index in [2.05, 4.69) is 21.7 Å². The molecular weight excluding hydrogens is 276 g/mol. The lowest BCUT2D eigenvalue weighted by molar-refractivity contribution is -0.117. The Labute approximate surface area is 131 Å². The van der Waals surface area contributed by atoms with E-state index in [1.807, 2.05) is 23.1 Å². The Morgan fingerprint density at radius 3 is 2.91 bits per heavy atom. The van der Waals surface area contributed by atoms with Crippen LogP contribution < -0.4 is 15.5 Å². The molecule has 1 aromatic carbocycles. The summed E-state index contributed by atoms with van der Waals surface area (Å²) in [6.45, 7) is 2.02. The average molecular weight is 300 g/mol. The van der Waals surface area contributed by atoms with Crippen LogP contribution >= 0.6 is 0 Å². The topological polar surface area (TPSA) is 56.7 Å². The standard InChI is InChI=1S/C17H24N4O/c1-18-17(19-11-13-8-9-13)20-12-16(22)21-10-4-6-14-5-2-3-7-15(14)21/h2-3,5,7,13H,4,6,8-12H2,1H3,(H2,18,19,20). The van der Waals surface area contributed by atoms with Gasteiger partial charge in [0.2, 0.25) is 5.91 Å². The maximum absolute atomic E-state index is 12.5. The van der Waals surface area contributed by atoms with Gasteiger partial charge in [-0.1, -0.05) is 18.2 Å². The molecular formula is C17H24N4O. The van der Waals surface area contributed by atoms with Gasteiger partial charge in [-0.2, -0.15) is 0 Å². The van der Waals surface area contributed by atoms with E-state index in [-0.39, 0.29) is 12.5 Å².